The molecule has 1 unspecified atom stereocenters. The highest BCUT2D eigenvalue weighted by Crippen LogP contribution is 2.09. The zero-order valence-corrected chi connectivity index (χ0v) is 11.8. The lowest BCUT2D eigenvalue weighted by Crippen LogP contribution is -2.44. The average molecular weight is 243 g/mol. The van der Waals surface area contributed by atoms with Crippen molar-refractivity contribution in [2.75, 3.05) is 39.5 Å². The Morgan fingerprint density at radius 1 is 1.41 bits per heavy atom. The molecule has 0 spiro atoms. The molecule has 2 atom stereocenters. The van der Waals surface area contributed by atoms with E-state index in [1.54, 1.807) is 0 Å². The molecular formula is C14H29NO2. The third kappa shape index (κ3) is 6.39. The Labute approximate surface area is 106 Å². The van der Waals surface area contributed by atoms with Crippen molar-refractivity contribution in [3.8, 4) is 0 Å². The van der Waals surface area contributed by atoms with Crippen LogP contribution in [0.15, 0.2) is 0 Å². The molecule has 3 nitrogen and oxygen atoms in total. The molecule has 102 valence electrons. The summed E-state index contributed by atoms with van der Waals surface area (Å²) in [7, 11) is 0. The van der Waals surface area contributed by atoms with Gasteiger partial charge < -0.3 is 9.47 Å². The van der Waals surface area contributed by atoms with E-state index in [9.17, 15) is 0 Å². The van der Waals surface area contributed by atoms with Crippen LogP contribution in [0, 0.1) is 5.92 Å². The van der Waals surface area contributed by atoms with E-state index in [1.807, 2.05) is 0 Å². The largest absolute Gasteiger partial charge is 0.379 e. The van der Waals surface area contributed by atoms with E-state index < -0.39 is 0 Å². The molecule has 1 heterocycles. The topological polar surface area (TPSA) is 21.7 Å². The van der Waals surface area contributed by atoms with E-state index in [2.05, 4.69) is 25.7 Å². The van der Waals surface area contributed by atoms with Crippen molar-refractivity contribution in [2.24, 2.45) is 5.92 Å². The summed E-state index contributed by atoms with van der Waals surface area (Å²) in [6.45, 7) is 12.5. The highest BCUT2D eigenvalue weighted by molar-refractivity contribution is 4.70. The van der Waals surface area contributed by atoms with E-state index in [4.69, 9.17) is 9.47 Å². The lowest BCUT2D eigenvalue weighted by Gasteiger charge is -2.32. The van der Waals surface area contributed by atoms with Crippen LogP contribution >= 0.6 is 0 Å². The van der Waals surface area contributed by atoms with Crippen molar-refractivity contribution in [3.63, 3.8) is 0 Å². The van der Waals surface area contributed by atoms with Crippen molar-refractivity contribution in [1.82, 2.24) is 4.90 Å². The van der Waals surface area contributed by atoms with Gasteiger partial charge in [0.2, 0.25) is 0 Å². The SMILES string of the molecule is CCCN1CCO[C@H](COCCC(C)CC)C1. The number of nitrogens with zero attached hydrogens (tertiary/aromatic N) is 1. The van der Waals surface area contributed by atoms with Crippen molar-refractivity contribution in [3.05, 3.63) is 0 Å². The minimum absolute atomic E-state index is 0.284. The van der Waals surface area contributed by atoms with Gasteiger partial charge in [-0.15, -0.1) is 0 Å². The Balaban J connectivity index is 2.06. The van der Waals surface area contributed by atoms with Crippen molar-refractivity contribution in [2.45, 2.75) is 46.1 Å². The number of hydrogen-bond acceptors (Lipinski definition) is 3. The first-order chi connectivity index (χ1) is 8.26. The van der Waals surface area contributed by atoms with Crippen LogP contribution in [0.25, 0.3) is 0 Å². The maximum absolute atomic E-state index is 5.72. The molecule has 1 saturated heterocycles. The Morgan fingerprint density at radius 3 is 2.94 bits per heavy atom. The summed E-state index contributed by atoms with van der Waals surface area (Å²) in [4.78, 5) is 2.48. The third-order valence-electron chi connectivity index (χ3n) is 3.52. The van der Waals surface area contributed by atoms with Gasteiger partial charge in [-0.05, 0) is 25.3 Å². The first-order valence-electron chi connectivity index (χ1n) is 7.17. The predicted octanol–water partition coefficient (Wildman–Crippen LogP) is 2.55. The van der Waals surface area contributed by atoms with Crippen LogP contribution in [0.3, 0.4) is 0 Å². The molecule has 17 heavy (non-hydrogen) atoms. The average Bonchev–Trinajstić information content (AvgIpc) is 2.35. The normalized spacial score (nSPS) is 23.8. The fraction of sp³-hybridized carbons (Fsp3) is 1.00. The predicted molar refractivity (Wildman–Crippen MR) is 71.4 cm³/mol. The van der Waals surface area contributed by atoms with Crippen LogP contribution in [-0.4, -0.2) is 50.5 Å². The zero-order valence-electron chi connectivity index (χ0n) is 11.8. The maximum Gasteiger partial charge on any atom is 0.0935 e. The zero-order chi connectivity index (χ0) is 12.5. The highest BCUT2D eigenvalue weighted by atomic mass is 16.5. The fourth-order valence-electron chi connectivity index (χ4n) is 2.10. The smallest absolute Gasteiger partial charge is 0.0935 e. The lowest BCUT2D eigenvalue weighted by molar-refractivity contribution is -0.0700. The molecule has 1 aliphatic rings. The van der Waals surface area contributed by atoms with Crippen LogP contribution in [0.4, 0.5) is 0 Å². The number of ether oxygens (including phenoxy) is 2. The molecule has 0 radical (unpaired) electrons. The number of rotatable bonds is 8. The summed E-state index contributed by atoms with van der Waals surface area (Å²) < 4.78 is 11.4. The Morgan fingerprint density at radius 2 is 2.24 bits per heavy atom. The van der Waals surface area contributed by atoms with Crippen LogP contribution in [0.5, 0.6) is 0 Å². The maximum atomic E-state index is 5.72. The Kier molecular flexibility index (Phi) is 7.82. The molecule has 0 aromatic heterocycles. The molecule has 0 aromatic carbocycles. The van der Waals surface area contributed by atoms with Crippen LogP contribution in [-0.2, 0) is 9.47 Å². The summed E-state index contributed by atoms with van der Waals surface area (Å²) in [5.74, 6) is 0.777. The molecule has 1 fully saturated rings. The first-order valence-corrected chi connectivity index (χ1v) is 7.17. The molecule has 0 saturated carbocycles. The Bertz CT molecular complexity index is 185. The minimum Gasteiger partial charge on any atom is -0.379 e. The summed E-state index contributed by atoms with van der Waals surface area (Å²) in [5, 5.41) is 0. The number of morpholine rings is 1. The summed E-state index contributed by atoms with van der Waals surface area (Å²) in [5.41, 5.74) is 0. The summed E-state index contributed by atoms with van der Waals surface area (Å²) in [6.07, 6.45) is 3.92. The van der Waals surface area contributed by atoms with Gasteiger partial charge in [-0.2, -0.15) is 0 Å². The van der Waals surface area contributed by atoms with Gasteiger partial charge >= 0.3 is 0 Å². The fourth-order valence-corrected chi connectivity index (χ4v) is 2.10. The second kappa shape index (κ2) is 8.90. The van der Waals surface area contributed by atoms with Gasteiger partial charge in [0, 0.05) is 19.7 Å². The molecule has 0 N–H and O–H groups in total. The van der Waals surface area contributed by atoms with Crippen LogP contribution in [0.1, 0.15) is 40.0 Å². The van der Waals surface area contributed by atoms with Gasteiger partial charge in [-0.1, -0.05) is 27.2 Å². The van der Waals surface area contributed by atoms with Crippen LogP contribution < -0.4 is 0 Å². The first kappa shape index (κ1) is 14.9. The van der Waals surface area contributed by atoms with Gasteiger partial charge in [0.05, 0.1) is 19.3 Å². The Hall–Kier alpha value is -0.120. The molecular weight excluding hydrogens is 214 g/mol. The van der Waals surface area contributed by atoms with E-state index >= 15 is 0 Å². The molecule has 1 aliphatic heterocycles. The van der Waals surface area contributed by atoms with Crippen molar-refractivity contribution in [1.29, 1.82) is 0 Å². The molecule has 3 heteroatoms. The molecule has 0 aromatic rings. The second-order valence-electron chi connectivity index (χ2n) is 5.17. The van der Waals surface area contributed by atoms with E-state index in [1.165, 1.54) is 25.8 Å². The quantitative estimate of drug-likeness (QED) is 0.612. The number of hydrogen-bond donors (Lipinski definition) is 0. The van der Waals surface area contributed by atoms with Gasteiger partial charge in [-0.25, -0.2) is 0 Å². The minimum atomic E-state index is 0.284. The van der Waals surface area contributed by atoms with Crippen molar-refractivity contribution >= 4 is 0 Å². The van der Waals surface area contributed by atoms with E-state index in [-0.39, 0.29) is 6.10 Å². The van der Waals surface area contributed by atoms with Gasteiger partial charge in [0.15, 0.2) is 0 Å². The molecule has 1 rings (SSSR count). The molecule has 0 aliphatic carbocycles. The van der Waals surface area contributed by atoms with Crippen molar-refractivity contribution < 1.29 is 9.47 Å². The van der Waals surface area contributed by atoms with E-state index in [0.29, 0.717) is 0 Å². The highest BCUT2D eigenvalue weighted by Gasteiger charge is 2.19. The van der Waals surface area contributed by atoms with Crippen LogP contribution in [0.2, 0.25) is 0 Å². The summed E-state index contributed by atoms with van der Waals surface area (Å²) in [6, 6.07) is 0. The van der Waals surface area contributed by atoms with Gasteiger partial charge in [0.1, 0.15) is 0 Å². The summed E-state index contributed by atoms with van der Waals surface area (Å²) >= 11 is 0. The monoisotopic (exact) mass is 243 g/mol. The standard InChI is InChI=1S/C14H29NO2/c1-4-7-15-8-10-17-14(11-15)12-16-9-6-13(3)5-2/h13-14H,4-12H2,1-3H3/t13?,14-/m0/s1. The molecule has 0 amide bonds. The molecule has 0 bridgehead atoms. The third-order valence-corrected chi connectivity index (χ3v) is 3.52. The lowest BCUT2D eigenvalue weighted by atomic mass is 10.1. The van der Waals surface area contributed by atoms with E-state index in [0.717, 1.165) is 38.8 Å². The second-order valence-corrected chi connectivity index (χ2v) is 5.17. The van der Waals surface area contributed by atoms with Gasteiger partial charge in [0.25, 0.3) is 0 Å². The van der Waals surface area contributed by atoms with Gasteiger partial charge in [-0.3, -0.25) is 4.90 Å².